The molecule has 4 aliphatic rings. The highest BCUT2D eigenvalue weighted by Gasteiger charge is 2.55. The largest absolute Gasteiger partial charge is 0.378 e. The number of benzene rings is 1. The molecule has 5 rings (SSSR count). The molecule has 1 nitrogen and oxygen atoms in total. The molecule has 0 heterocycles. The fourth-order valence-corrected chi connectivity index (χ4v) is 5.43. The number of hydrogen-bond acceptors (Lipinski definition) is 1. The summed E-state index contributed by atoms with van der Waals surface area (Å²) in [6.07, 6.45) is 6.39. The van der Waals surface area contributed by atoms with Gasteiger partial charge in [-0.1, -0.05) is 12.1 Å². The summed E-state index contributed by atoms with van der Waals surface area (Å²) in [4.78, 5) is 0. The van der Waals surface area contributed by atoms with Crippen LogP contribution in [0.4, 0.5) is 4.39 Å². The zero-order chi connectivity index (χ0) is 13.0. The Bertz CT molecular complexity index is 465. The molecule has 4 bridgehead atoms. The van der Waals surface area contributed by atoms with Crippen molar-refractivity contribution in [2.75, 3.05) is 7.11 Å². The number of ether oxygens (including phenoxy) is 1. The molecule has 0 spiro atoms. The number of hydrogen-bond donors (Lipinski definition) is 0. The minimum Gasteiger partial charge on any atom is -0.378 e. The number of methoxy groups -OCH3 is 1. The average Bonchev–Trinajstić information content (AvgIpc) is 2.40. The van der Waals surface area contributed by atoms with E-state index < -0.39 is 0 Å². The van der Waals surface area contributed by atoms with Gasteiger partial charge in [-0.15, -0.1) is 0 Å². The molecular weight excluding hydrogens is 239 g/mol. The van der Waals surface area contributed by atoms with E-state index in [1.807, 2.05) is 19.2 Å². The third-order valence-electron chi connectivity index (χ3n) is 5.90. The van der Waals surface area contributed by atoms with Crippen molar-refractivity contribution in [1.82, 2.24) is 0 Å². The van der Waals surface area contributed by atoms with Gasteiger partial charge in [0.1, 0.15) is 5.82 Å². The molecule has 4 saturated carbocycles. The van der Waals surface area contributed by atoms with E-state index in [1.54, 1.807) is 12.1 Å². The van der Waals surface area contributed by atoms with Crippen LogP contribution in [0, 0.1) is 23.6 Å². The van der Waals surface area contributed by atoms with Crippen LogP contribution in [0.5, 0.6) is 0 Å². The Kier molecular flexibility index (Phi) is 2.54. The molecule has 2 unspecified atom stereocenters. The highest BCUT2D eigenvalue weighted by molar-refractivity contribution is 5.26. The van der Waals surface area contributed by atoms with Crippen molar-refractivity contribution in [2.24, 2.45) is 17.8 Å². The van der Waals surface area contributed by atoms with E-state index >= 15 is 0 Å². The Labute approximate surface area is 114 Å². The number of halogens is 1. The SMILES string of the molecule is COC12CC3CC(C1)C(c1ccc(F)cc1)C(C3)C2. The monoisotopic (exact) mass is 260 g/mol. The van der Waals surface area contributed by atoms with E-state index in [2.05, 4.69) is 0 Å². The first-order valence-electron chi connectivity index (χ1n) is 7.50. The molecule has 2 heteroatoms. The lowest BCUT2D eigenvalue weighted by atomic mass is 9.49. The lowest BCUT2D eigenvalue weighted by molar-refractivity contribution is -0.154. The Balaban J connectivity index is 1.67. The maximum atomic E-state index is 13.1. The van der Waals surface area contributed by atoms with Crippen LogP contribution >= 0.6 is 0 Å². The van der Waals surface area contributed by atoms with E-state index in [9.17, 15) is 4.39 Å². The van der Waals surface area contributed by atoms with E-state index in [1.165, 1.54) is 37.7 Å². The first kappa shape index (κ1) is 11.9. The number of rotatable bonds is 2. The Morgan fingerprint density at radius 2 is 1.68 bits per heavy atom. The van der Waals surface area contributed by atoms with Gasteiger partial charge < -0.3 is 4.74 Å². The van der Waals surface area contributed by atoms with Crippen LogP contribution in [0.3, 0.4) is 0 Å². The summed E-state index contributed by atoms with van der Waals surface area (Å²) >= 11 is 0. The highest BCUT2D eigenvalue weighted by Crippen LogP contribution is 2.62. The van der Waals surface area contributed by atoms with Crippen LogP contribution in [0.15, 0.2) is 24.3 Å². The van der Waals surface area contributed by atoms with Crippen molar-refractivity contribution in [1.29, 1.82) is 0 Å². The molecule has 0 saturated heterocycles. The van der Waals surface area contributed by atoms with Crippen molar-refractivity contribution in [3.8, 4) is 0 Å². The predicted octanol–water partition coefficient (Wildman–Crippen LogP) is 4.13. The van der Waals surface area contributed by atoms with Gasteiger partial charge in [0, 0.05) is 7.11 Å². The van der Waals surface area contributed by atoms with Crippen molar-refractivity contribution < 1.29 is 9.13 Å². The van der Waals surface area contributed by atoms with Crippen LogP contribution in [-0.4, -0.2) is 12.7 Å². The summed E-state index contributed by atoms with van der Waals surface area (Å²) in [5.74, 6) is 2.88. The van der Waals surface area contributed by atoms with Gasteiger partial charge >= 0.3 is 0 Å². The molecule has 0 radical (unpaired) electrons. The van der Waals surface area contributed by atoms with E-state index in [0.29, 0.717) is 5.92 Å². The summed E-state index contributed by atoms with van der Waals surface area (Å²) in [7, 11) is 1.89. The van der Waals surface area contributed by atoms with Gasteiger partial charge in [-0.3, -0.25) is 0 Å². The Morgan fingerprint density at radius 1 is 1.05 bits per heavy atom. The van der Waals surface area contributed by atoms with E-state index in [4.69, 9.17) is 4.74 Å². The standard InChI is InChI=1S/C17H21FO/c1-19-17-8-11-6-13(9-17)16(14(7-11)10-17)12-2-4-15(18)5-3-12/h2-5,11,13-14,16H,6-10H2,1H3. The van der Waals surface area contributed by atoms with Crippen LogP contribution in [0.1, 0.15) is 43.6 Å². The second kappa shape index (κ2) is 4.05. The molecule has 0 aromatic heterocycles. The molecule has 0 amide bonds. The lowest BCUT2D eigenvalue weighted by Crippen LogP contribution is -2.54. The zero-order valence-corrected chi connectivity index (χ0v) is 11.4. The lowest BCUT2D eigenvalue weighted by Gasteiger charge is -2.59. The normalized spacial score (nSPS) is 43.7. The van der Waals surface area contributed by atoms with Crippen molar-refractivity contribution in [3.05, 3.63) is 35.6 Å². The maximum absolute atomic E-state index is 13.1. The van der Waals surface area contributed by atoms with Crippen molar-refractivity contribution in [3.63, 3.8) is 0 Å². The molecular formula is C17H21FO. The fraction of sp³-hybridized carbons (Fsp3) is 0.647. The van der Waals surface area contributed by atoms with Crippen molar-refractivity contribution in [2.45, 2.75) is 43.6 Å². The smallest absolute Gasteiger partial charge is 0.123 e. The molecule has 0 aliphatic heterocycles. The average molecular weight is 260 g/mol. The quantitative estimate of drug-likeness (QED) is 0.776. The van der Waals surface area contributed by atoms with Gasteiger partial charge in [0.25, 0.3) is 0 Å². The Hall–Kier alpha value is -0.890. The van der Waals surface area contributed by atoms with Crippen LogP contribution < -0.4 is 0 Å². The summed E-state index contributed by atoms with van der Waals surface area (Å²) in [5.41, 5.74) is 1.52. The topological polar surface area (TPSA) is 9.23 Å². The highest BCUT2D eigenvalue weighted by atomic mass is 19.1. The molecule has 4 aliphatic carbocycles. The van der Waals surface area contributed by atoms with Crippen molar-refractivity contribution >= 4 is 0 Å². The molecule has 19 heavy (non-hydrogen) atoms. The second-order valence-corrected chi connectivity index (χ2v) is 6.93. The van der Waals surface area contributed by atoms with Gasteiger partial charge in [0.2, 0.25) is 0 Å². The minimum atomic E-state index is -0.124. The van der Waals surface area contributed by atoms with Crippen LogP contribution in [-0.2, 0) is 4.74 Å². The molecule has 2 atom stereocenters. The van der Waals surface area contributed by atoms with Crippen LogP contribution in [0.2, 0.25) is 0 Å². The van der Waals surface area contributed by atoms with Gasteiger partial charge in [-0.05, 0) is 73.5 Å². The third-order valence-corrected chi connectivity index (χ3v) is 5.90. The van der Waals surface area contributed by atoms with Gasteiger partial charge in [0.15, 0.2) is 0 Å². The predicted molar refractivity (Wildman–Crippen MR) is 72.4 cm³/mol. The maximum Gasteiger partial charge on any atom is 0.123 e. The van der Waals surface area contributed by atoms with Gasteiger partial charge in [0.05, 0.1) is 5.60 Å². The minimum absolute atomic E-state index is 0.124. The van der Waals surface area contributed by atoms with E-state index in [0.717, 1.165) is 17.8 Å². The first-order chi connectivity index (χ1) is 9.19. The molecule has 4 fully saturated rings. The third kappa shape index (κ3) is 1.76. The first-order valence-corrected chi connectivity index (χ1v) is 7.50. The Morgan fingerprint density at radius 3 is 2.26 bits per heavy atom. The van der Waals surface area contributed by atoms with Gasteiger partial charge in [-0.2, -0.15) is 0 Å². The summed E-state index contributed by atoms with van der Waals surface area (Å²) in [5, 5.41) is 0. The summed E-state index contributed by atoms with van der Waals surface area (Å²) < 4.78 is 19.0. The molecule has 1 aromatic carbocycles. The molecule has 0 N–H and O–H groups in total. The molecule has 102 valence electrons. The molecule has 1 aromatic rings. The fourth-order valence-electron chi connectivity index (χ4n) is 5.43. The van der Waals surface area contributed by atoms with E-state index in [-0.39, 0.29) is 11.4 Å². The zero-order valence-electron chi connectivity index (χ0n) is 11.4. The second-order valence-electron chi connectivity index (χ2n) is 6.93. The summed E-state index contributed by atoms with van der Waals surface area (Å²) in [6, 6.07) is 7.24. The summed E-state index contributed by atoms with van der Waals surface area (Å²) in [6.45, 7) is 0. The van der Waals surface area contributed by atoms with Crippen LogP contribution in [0.25, 0.3) is 0 Å². The van der Waals surface area contributed by atoms with Gasteiger partial charge in [-0.25, -0.2) is 4.39 Å².